The molecule has 2 aliphatic heterocycles. The van der Waals surface area contributed by atoms with Crippen molar-refractivity contribution >= 4 is 0 Å². The molecule has 0 aromatic carbocycles. The third-order valence-corrected chi connectivity index (χ3v) is 3.55. The minimum atomic E-state index is -4.05. The smallest absolute Gasteiger partial charge is 0.311 e. The first-order valence-electron chi connectivity index (χ1n) is 5.53. The van der Waals surface area contributed by atoms with E-state index in [0.717, 1.165) is 25.8 Å². The van der Waals surface area contributed by atoms with Crippen LogP contribution >= 0.6 is 0 Å². The van der Waals surface area contributed by atoms with Gasteiger partial charge in [0.15, 0.2) is 0 Å². The summed E-state index contributed by atoms with van der Waals surface area (Å²) in [6.45, 7) is 1.43. The number of alkyl halides is 3. The highest BCUT2D eigenvalue weighted by molar-refractivity contribution is 4.97. The first kappa shape index (κ1) is 11.2. The largest absolute Gasteiger partial charge is 0.401 e. The van der Waals surface area contributed by atoms with Gasteiger partial charge < -0.3 is 5.32 Å². The number of hydrogen-bond acceptors (Lipinski definition) is 2. The number of hydrogen-bond donors (Lipinski definition) is 1. The average molecular weight is 222 g/mol. The zero-order valence-electron chi connectivity index (χ0n) is 8.74. The predicted molar refractivity (Wildman–Crippen MR) is 51.7 cm³/mol. The Morgan fingerprint density at radius 2 is 1.80 bits per heavy atom. The second-order valence-corrected chi connectivity index (χ2v) is 4.70. The summed E-state index contributed by atoms with van der Waals surface area (Å²) in [7, 11) is 0. The highest BCUT2D eigenvalue weighted by atomic mass is 19.4. The van der Waals surface area contributed by atoms with E-state index in [2.05, 4.69) is 5.32 Å². The van der Waals surface area contributed by atoms with E-state index in [1.54, 1.807) is 0 Å². The molecule has 2 aliphatic rings. The van der Waals surface area contributed by atoms with E-state index in [1.165, 1.54) is 11.3 Å². The van der Waals surface area contributed by atoms with Crippen molar-refractivity contribution in [2.24, 2.45) is 0 Å². The second-order valence-electron chi connectivity index (χ2n) is 4.70. The van der Waals surface area contributed by atoms with Crippen LogP contribution in [0.3, 0.4) is 0 Å². The lowest BCUT2D eigenvalue weighted by Crippen LogP contribution is -2.51. The van der Waals surface area contributed by atoms with Crippen LogP contribution in [0.1, 0.15) is 25.7 Å². The molecule has 0 aliphatic carbocycles. The van der Waals surface area contributed by atoms with E-state index in [4.69, 9.17) is 0 Å². The summed E-state index contributed by atoms with van der Waals surface area (Å²) in [5.74, 6) is 0. The van der Waals surface area contributed by atoms with Gasteiger partial charge in [-0.05, 0) is 32.2 Å². The summed E-state index contributed by atoms with van der Waals surface area (Å²) < 4.78 is 36.5. The van der Waals surface area contributed by atoms with Crippen LogP contribution in [0.15, 0.2) is 0 Å². The molecule has 0 bridgehead atoms. The minimum absolute atomic E-state index is 0.169. The van der Waals surface area contributed by atoms with Crippen molar-refractivity contribution in [2.45, 2.75) is 37.4 Å². The fraction of sp³-hybridized carbons (Fsp3) is 1.00. The lowest BCUT2D eigenvalue weighted by Gasteiger charge is -2.39. The van der Waals surface area contributed by atoms with Crippen molar-refractivity contribution in [3.8, 4) is 0 Å². The van der Waals surface area contributed by atoms with E-state index in [-0.39, 0.29) is 5.54 Å². The van der Waals surface area contributed by atoms with Crippen molar-refractivity contribution in [3.05, 3.63) is 0 Å². The van der Waals surface area contributed by atoms with Crippen LogP contribution in [0.4, 0.5) is 13.2 Å². The van der Waals surface area contributed by atoms with Gasteiger partial charge in [0.25, 0.3) is 0 Å². The van der Waals surface area contributed by atoms with Crippen LogP contribution in [0.25, 0.3) is 0 Å². The molecule has 0 aromatic heterocycles. The van der Waals surface area contributed by atoms with Gasteiger partial charge in [0, 0.05) is 18.6 Å². The molecular formula is C10H17F3N2. The summed E-state index contributed by atoms with van der Waals surface area (Å²) in [6.07, 6.45) is -0.0219. The van der Waals surface area contributed by atoms with Crippen molar-refractivity contribution in [1.82, 2.24) is 10.2 Å². The normalized spacial score (nSPS) is 27.4. The van der Waals surface area contributed by atoms with Crippen LogP contribution in [-0.4, -0.2) is 42.8 Å². The quantitative estimate of drug-likeness (QED) is 0.727. The van der Waals surface area contributed by atoms with E-state index in [9.17, 15) is 13.2 Å². The Morgan fingerprint density at radius 1 is 1.13 bits per heavy atom. The van der Waals surface area contributed by atoms with Crippen LogP contribution in [-0.2, 0) is 0 Å². The number of rotatable bonds is 1. The Kier molecular flexibility index (Phi) is 2.94. The molecule has 2 saturated heterocycles. The molecule has 0 atom stereocenters. The molecular weight excluding hydrogens is 205 g/mol. The van der Waals surface area contributed by atoms with E-state index < -0.39 is 12.7 Å². The summed E-state index contributed by atoms with van der Waals surface area (Å²) in [6, 6.07) is 0. The van der Waals surface area contributed by atoms with Gasteiger partial charge in [0.2, 0.25) is 0 Å². The van der Waals surface area contributed by atoms with Gasteiger partial charge in [-0.15, -0.1) is 0 Å². The number of nitrogens with one attached hydrogen (secondary N) is 1. The van der Waals surface area contributed by atoms with Gasteiger partial charge in [-0.1, -0.05) is 0 Å². The molecule has 2 rings (SSSR count). The summed E-state index contributed by atoms with van der Waals surface area (Å²) in [5, 5.41) is 3.45. The third-order valence-electron chi connectivity index (χ3n) is 3.55. The third kappa shape index (κ3) is 2.84. The molecule has 2 nitrogen and oxygen atoms in total. The van der Waals surface area contributed by atoms with Crippen molar-refractivity contribution in [3.63, 3.8) is 0 Å². The highest BCUT2D eigenvalue weighted by Gasteiger charge is 2.39. The van der Waals surface area contributed by atoms with Gasteiger partial charge in [-0.3, -0.25) is 4.90 Å². The number of piperidine rings is 1. The SMILES string of the molecule is FC(F)(F)CN1CCC2(CCCN2)CC1. The topological polar surface area (TPSA) is 15.3 Å². The van der Waals surface area contributed by atoms with Gasteiger partial charge >= 0.3 is 6.18 Å². The molecule has 15 heavy (non-hydrogen) atoms. The van der Waals surface area contributed by atoms with Crippen LogP contribution < -0.4 is 5.32 Å². The molecule has 0 amide bonds. The summed E-state index contributed by atoms with van der Waals surface area (Å²) in [4.78, 5) is 1.52. The maximum absolute atomic E-state index is 12.2. The molecule has 2 heterocycles. The lowest BCUT2D eigenvalue weighted by molar-refractivity contribution is -0.149. The predicted octanol–water partition coefficient (Wildman–Crippen LogP) is 1.77. The maximum atomic E-state index is 12.2. The Labute approximate surface area is 87.8 Å². The molecule has 88 valence electrons. The minimum Gasteiger partial charge on any atom is -0.311 e. The van der Waals surface area contributed by atoms with Gasteiger partial charge in [-0.2, -0.15) is 13.2 Å². The Hall–Kier alpha value is -0.290. The van der Waals surface area contributed by atoms with E-state index in [0.29, 0.717) is 13.1 Å². The van der Waals surface area contributed by atoms with Crippen molar-refractivity contribution in [2.75, 3.05) is 26.2 Å². The highest BCUT2D eigenvalue weighted by Crippen LogP contribution is 2.31. The van der Waals surface area contributed by atoms with Crippen molar-refractivity contribution < 1.29 is 13.2 Å². The number of nitrogens with zero attached hydrogens (tertiary/aromatic N) is 1. The number of likely N-dealkylation sites (tertiary alicyclic amines) is 1. The second kappa shape index (κ2) is 3.94. The standard InChI is InChI=1S/C10H17F3N2/c11-10(12,13)8-15-6-3-9(4-7-15)2-1-5-14-9/h14H,1-8H2. The Bertz CT molecular complexity index is 211. The molecule has 0 saturated carbocycles. The Morgan fingerprint density at radius 3 is 2.27 bits per heavy atom. The zero-order chi connectivity index (χ0) is 10.9. The number of halogens is 3. The van der Waals surface area contributed by atoms with E-state index >= 15 is 0 Å². The first-order valence-corrected chi connectivity index (χ1v) is 5.53. The monoisotopic (exact) mass is 222 g/mol. The summed E-state index contributed by atoms with van der Waals surface area (Å²) >= 11 is 0. The molecule has 0 radical (unpaired) electrons. The zero-order valence-corrected chi connectivity index (χ0v) is 8.74. The van der Waals surface area contributed by atoms with Crippen molar-refractivity contribution in [1.29, 1.82) is 0 Å². The lowest BCUT2D eigenvalue weighted by atomic mass is 9.86. The maximum Gasteiger partial charge on any atom is 0.401 e. The molecule has 0 aromatic rings. The average Bonchev–Trinajstić information content (AvgIpc) is 2.56. The molecule has 0 unspecified atom stereocenters. The van der Waals surface area contributed by atoms with E-state index in [1.807, 2.05) is 0 Å². The van der Waals surface area contributed by atoms with Crippen LogP contribution in [0, 0.1) is 0 Å². The fourth-order valence-corrected chi connectivity index (χ4v) is 2.69. The van der Waals surface area contributed by atoms with Gasteiger partial charge in [0.1, 0.15) is 0 Å². The molecule has 1 spiro atoms. The van der Waals surface area contributed by atoms with Gasteiger partial charge in [0.05, 0.1) is 6.54 Å². The van der Waals surface area contributed by atoms with Gasteiger partial charge in [-0.25, -0.2) is 0 Å². The Balaban J connectivity index is 1.81. The van der Waals surface area contributed by atoms with Crippen LogP contribution in [0.2, 0.25) is 0 Å². The fourth-order valence-electron chi connectivity index (χ4n) is 2.69. The molecule has 5 heteroatoms. The van der Waals surface area contributed by atoms with Crippen LogP contribution in [0.5, 0.6) is 0 Å². The molecule has 1 N–H and O–H groups in total. The summed E-state index contributed by atoms with van der Waals surface area (Å²) in [5.41, 5.74) is 0.169. The molecule has 2 fully saturated rings. The first-order chi connectivity index (χ1) is 6.99.